The highest BCUT2D eigenvalue weighted by Gasteiger charge is 2.86. The van der Waals surface area contributed by atoms with Crippen LogP contribution in [0.3, 0.4) is 0 Å². The van der Waals surface area contributed by atoms with Gasteiger partial charge in [-0.1, -0.05) is 34.6 Å². The van der Waals surface area contributed by atoms with Crippen LogP contribution in [0.15, 0.2) is 0 Å². The van der Waals surface area contributed by atoms with Crippen LogP contribution in [0.2, 0.25) is 0 Å². The van der Waals surface area contributed by atoms with Crippen LogP contribution in [-0.2, 0) is 14.4 Å². The number of amides is 1. The van der Waals surface area contributed by atoms with Gasteiger partial charge in [-0.2, -0.15) is 0 Å². The predicted molar refractivity (Wildman–Crippen MR) is 139 cm³/mol. The van der Waals surface area contributed by atoms with Gasteiger partial charge in [-0.3, -0.25) is 9.59 Å². The molecule has 0 heterocycles. The molecule has 6 heteroatoms. The normalized spacial score (nSPS) is 52.2. The topological polar surface area (TPSA) is 86.7 Å². The van der Waals surface area contributed by atoms with Gasteiger partial charge in [0.15, 0.2) is 0 Å². The van der Waals surface area contributed by atoms with Crippen LogP contribution in [0.25, 0.3) is 0 Å². The van der Waals surface area contributed by atoms with E-state index < -0.39 is 11.5 Å². The van der Waals surface area contributed by atoms with Crippen molar-refractivity contribution in [3.8, 4) is 0 Å². The number of rotatable bonds is 5. The van der Waals surface area contributed by atoms with Crippen molar-refractivity contribution >= 4 is 18.0 Å². The van der Waals surface area contributed by atoms with Crippen LogP contribution >= 0.6 is 0 Å². The van der Waals surface area contributed by atoms with Crippen molar-refractivity contribution in [2.24, 2.45) is 50.7 Å². The molecule has 5 fully saturated rings. The molecule has 2 N–H and O–H groups in total. The Morgan fingerprint density at radius 2 is 1.72 bits per heavy atom. The van der Waals surface area contributed by atoms with Gasteiger partial charge in [-0.05, 0) is 87.6 Å². The summed E-state index contributed by atoms with van der Waals surface area (Å²) in [5, 5.41) is 14.6. The van der Waals surface area contributed by atoms with Crippen molar-refractivity contribution in [3.05, 3.63) is 0 Å². The monoisotopic (exact) mass is 500 g/mol. The number of aliphatic hydroxyl groups is 1. The molecule has 11 atom stereocenters. The van der Waals surface area contributed by atoms with Crippen molar-refractivity contribution in [3.63, 3.8) is 0 Å². The molecular weight excluding hydrogens is 452 g/mol. The molecule has 0 aromatic heterocycles. The lowest BCUT2D eigenvalue weighted by Crippen LogP contribution is -2.63. The highest BCUT2D eigenvalue weighted by molar-refractivity contribution is 5.92. The average molecular weight is 501 g/mol. The number of hydrogen-bond donors (Lipinski definition) is 2. The third-order valence-electron chi connectivity index (χ3n) is 13.1. The summed E-state index contributed by atoms with van der Waals surface area (Å²) in [7, 11) is 4.14. The van der Waals surface area contributed by atoms with E-state index in [0.717, 1.165) is 44.8 Å². The number of carbonyl (C=O) groups excluding carboxylic acids is 3. The number of ketones is 1. The molecule has 0 aliphatic heterocycles. The first kappa shape index (κ1) is 26.3. The summed E-state index contributed by atoms with van der Waals surface area (Å²) in [5.74, 6) is 0.697. The fourth-order valence-corrected chi connectivity index (χ4v) is 10.9. The molecule has 0 saturated heterocycles. The van der Waals surface area contributed by atoms with Gasteiger partial charge in [-0.25, -0.2) is 0 Å². The molecule has 1 amide bonds. The summed E-state index contributed by atoms with van der Waals surface area (Å²) in [6, 6.07) is 0.0180. The Morgan fingerprint density at radius 1 is 1.08 bits per heavy atom. The summed E-state index contributed by atoms with van der Waals surface area (Å²) in [4.78, 5) is 41.9. The zero-order valence-electron chi connectivity index (χ0n) is 23.7. The van der Waals surface area contributed by atoms with Gasteiger partial charge < -0.3 is 20.1 Å². The standard InChI is InChI=1S/C30H48N2O4/c1-17(2)25(36)31-22-11-12-29-15-30(29)21(10-9-20(29)26(22,4)16-33)27(5)13-19(34)24(18(3)32(7)8)28(27,6)14-23(30)35/h16-22,24,34H,9-15H2,1-8H3,(H,31,36)/t18-,19+,20-,21-,22-,24-,26-,27-,28+,29+,30-/m0/s1. The first-order chi connectivity index (χ1) is 16.7. The third-order valence-corrected chi connectivity index (χ3v) is 13.1. The summed E-state index contributed by atoms with van der Waals surface area (Å²) >= 11 is 0. The molecule has 5 aliphatic rings. The maximum Gasteiger partial charge on any atom is 0.222 e. The van der Waals surface area contributed by atoms with E-state index in [1.165, 1.54) is 0 Å². The van der Waals surface area contributed by atoms with E-state index in [1.54, 1.807) is 0 Å². The number of Topliss-reactive ketones (excluding diaryl/α,β-unsaturated/α-hetero) is 1. The van der Waals surface area contributed by atoms with Crippen molar-refractivity contribution in [2.45, 2.75) is 105 Å². The summed E-state index contributed by atoms with van der Waals surface area (Å²) < 4.78 is 0. The largest absolute Gasteiger partial charge is 0.393 e. The maximum absolute atomic E-state index is 14.4. The highest BCUT2D eigenvalue weighted by atomic mass is 16.3. The quantitative estimate of drug-likeness (QED) is 0.560. The summed E-state index contributed by atoms with van der Waals surface area (Å²) in [5.41, 5.74) is -1.50. The van der Waals surface area contributed by atoms with Crippen LogP contribution in [-0.4, -0.2) is 60.3 Å². The fraction of sp³-hybridized carbons (Fsp3) is 0.900. The molecule has 5 saturated carbocycles. The Balaban J connectivity index is 1.52. The molecule has 5 rings (SSSR count). The van der Waals surface area contributed by atoms with Crippen LogP contribution in [0.1, 0.15) is 86.5 Å². The van der Waals surface area contributed by atoms with Gasteiger partial charge in [0.05, 0.1) is 6.10 Å². The number of carbonyl (C=O) groups is 3. The van der Waals surface area contributed by atoms with E-state index in [1.807, 2.05) is 20.8 Å². The number of nitrogens with one attached hydrogen (secondary N) is 1. The Hall–Kier alpha value is -1.27. The van der Waals surface area contributed by atoms with E-state index in [-0.39, 0.29) is 63.3 Å². The Labute approximate surface area is 217 Å². The number of nitrogens with zero attached hydrogens (tertiary/aromatic N) is 1. The van der Waals surface area contributed by atoms with Crippen LogP contribution in [0, 0.1) is 50.7 Å². The second-order valence-electron chi connectivity index (χ2n) is 14.7. The third kappa shape index (κ3) is 2.89. The van der Waals surface area contributed by atoms with Gasteiger partial charge in [-0.15, -0.1) is 0 Å². The van der Waals surface area contributed by atoms with E-state index in [2.05, 4.69) is 45.1 Å². The van der Waals surface area contributed by atoms with Crippen LogP contribution < -0.4 is 5.32 Å². The second-order valence-corrected chi connectivity index (χ2v) is 14.7. The SMILES string of the molecule is CC(C)C(=O)N[C@H]1CC[C@]23C[C@]24C(=O)C[C@]2(C)[C@@H]([C@H](C)N(C)C)[C@H](O)C[C@@]2(C)[C@@H]4CC[C@H]3[C@]1(C)C=O. The van der Waals surface area contributed by atoms with Gasteiger partial charge in [0.2, 0.25) is 5.91 Å². The fourth-order valence-electron chi connectivity index (χ4n) is 10.9. The van der Waals surface area contributed by atoms with E-state index in [9.17, 15) is 19.5 Å². The Bertz CT molecular complexity index is 980. The molecule has 2 spiro atoms. The zero-order valence-corrected chi connectivity index (χ0v) is 23.7. The molecule has 0 radical (unpaired) electrons. The van der Waals surface area contributed by atoms with Crippen molar-refractivity contribution < 1.29 is 19.5 Å². The number of aliphatic hydroxyl groups excluding tert-OH is 1. The van der Waals surface area contributed by atoms with Crippen molar-refractivity contribution in [2.75, 3.05) is 14.1 Å². The van der Waals surface area contributed by atoms with Gasteiger partial charge in [0.1, 0.15) is 12.1 Å². The molecular formula is C30H48N2O4. The summed E-state index contributed by atoms with van der Waals surface area (Å²) in [6.07, 6.45) is 6.36. The Morgan fingerprint density at radius 3 is 2.31 bits per heavy atom. The first-order valence-corrected chi connectivity index (χ1v) is 14.3. The number of fused-ring (bicyclic) bond motifs is 2. The highest BCUT2D eigenvalue weighted by Crippen LogP contribution is 2.87. The molecule has 6 nitrogen and oxygen atoms in total. The molecule has 0 bridgehead atoms. The lowest BCUT2D eigenvalue weighted by molar-refractivity contribution is -0.171. The van der Waals surface area contributed by atoms with Crippen LogP contribution in [0.4, 0.5) is 0 Å². The van der Waals surface area contributed by atoms with Crippen molar-refractivity contribution in [1.29, 1.82) is 0 Å². The second kappa shape index (κ2) is 7.88. The molecule has 202 valence electrons. The minimum atomic E-state index is -0.656. The molecule has 36 heavy (non-hydrogen) atoms. The predicted octanol–water partition coefficient (Wildman–Crippen LogP) is 3.85. The molecule has 5 aliphatic carbocycles. The Kier molecular flexibility index (Phi) is 5.76. The first-order valence-electron chi connectivity index (χ1n) is 14.3. The zero-order chi connectivity index (χ0) is 26.6. The van der Waals surface area contributed by atoms with Crippen molar-refractivity contribution in [1.82, 2.24) is 10.2 Å². The molecule has 0 unspecified atom stereocenters. The van der Waals surface area contributed by atoms with Gasteiger partial charge in [0, 0.05) is 41.2 Å². The lowest BCUT2D eigenvalue weighted by atomic mass is 9.41. The molecule has 0 aromatic carbocycles. The minimum Gasteiger partial charge on any atom is -0.393 e. The van der Waals surface area contributed by atoms with Crippen LogP contribution in [0.5, 0.6) is 0 Å². The van der Waals surface area contributed by atoms with E-state index >= 15 is 0 Å². The minimum absolute atomic E-state index is 0.00115. The van der Waals surface area contributed by atoms with E-state index in [0.29, 0.717) is 12.2 Å². The maximum atomic E-state index is 14.4. The summed E-state index contributed by atoms with van der Waals surface area (Å²) in [6.45, 7) is 12.7. The van der Waals surface area contributed by atoms with Gasteiger partial charge >= 0.3 is 0 Å². The number of hydrogen-bond acceptors (Lipinski definition) is 5. The average Bonchev–Trinajstić information content (AvgIpc) is 3.44. The molecule has 0 aromatic rings. The lowest BCUT2D eigenvalue weighted by Gasteiger charge is -2.62. The van der Waals surface area contributed by atoms with Gasteiger partial charge in [0.25, 0.3) is 0 Å². The number of aldehydes is 1. The van der Waals surface area contributed by atoms with E-state index in [4.69, 9.17) is 0 Å². The smallest absolute Gasteiger partial charge is 0.222 e.